The number of ether oxygens (including phenoxy) is 5. The van der Waals surface area contributed by atoms with Gasteiger partial charge in [0.2, 0.25) is 0 Å². The minimum absolute atomic E-state index is 0.107. The van der Waals surface area contributed by atoms with Gasteiger partial charge in [-0.15, -0.1) is 0 Å². The van der Waals surface area contributed by atoms with Gasteiger partial charge in [0.15, 0.2) is 0 Å². The molecular weight excluding hydrogens is 416 g/mol. The van der Waals surface area contributed by atoms with Crippen LogP contribution in [0, 0.1) is 16.7 Å². The van der Waals surface area contributed by atoms with Crippen molar-refractivity contribution in [3.8, 4) is 0 Å². The second-order valence-corrected chi connectivity index (χ2v) is 10.5. The van der Waals surface area contributed by atoms with Crippen molar-refractivity contribution in [3.63, 3.8) is 0 Å². The molecule has 0 unspecified atom stereocenters. The fourth-order valence-electron chi connectivity index (χ4n) is 6.18. The van der Waals surface area contributed by atoms with Crippen LogP contribution in [0.25, 0.3) is 0 Å². The lowest BCUT2D eigenvalue weighted by Crippen LogP contribution is -2.66. The van der Waals surface area contributed by atoms with E-state index in [0.29, 0.717) is 25.9 Å². The van der Waals surface area contributed by atoms with Crippen LogP contribution in [0.1, 0.15) is 60.8 Å². The number of rotatable bonds is 6. The maximum absolute atomic E-state index is 12.5. The van der Waals surface area contributed by atoms with E-state index in [1.807, 2.05) is 26.8 Å². The van der Waals surface area contributed by atoms with Gasteiger partial charge in [-0.3, -0.25) is 14.4 Å². The number of carbonyl (C=O) groups is 3. The van der Waals surface area contributed by atoms with Gasteiger partial charge in [-0.05, 0) is 24.8 Å². The van der Waals surface area contributed by atoms with E-state index in [1.54, 1.807) is 0 Å². The molecule has 4 aliphatic rings. The Morgan fingerprint density at radius 3 is 2.41 bits per heavy atom. The number of fused-ring (bicyclic) bond motifs is 2. The Bertz CT molecular complexity index is 843. The maximum atomic E-state index is 12.5. The highest BCUT2D eigenvalue weighted by atomic mass is 16.7. The first kappa shape index (κ1) is 23.2. The molecule has 0 N–H and O–H groups in total. The van der Waals surface area contributed by atoms with Gasteiger partial charge in [-0.2, -0.15) is 0 Å². The SMILES string of the molecule is CC(=O)OC[C@]12C[C@H](OC(=O)CC(C)C)C(C)=C[C@H]1O[C@@H]1[C@H](OC(C)=O)C[C@@]2(C)[C@]12CO2. The Morgan fingerprint density at radius 1 is 1.16 bits per heavy atom. The lowest BCUT2D eigenvalue weighted by Gasteiger charge is -2.58. The number of carbonyl (C=O) groups excluding carboxylic acids is 3. The normalized spacial score (nSPS) is 41.7. The van der Waals surface area contributed by atoms with E-state index in [-0.39, 0.29) is 36.5 Å². The third-order valence-corrected chi connectivity index (χ3v) is 7.90. The van der Waals surface area contributed by atoms with Crippen molar-refractivity contribution in [2.24, 2.45) is 16.7 Å². The molecule has 8 nitrogen and oxygen atoms in total. The predicted octanol–water partition coefficient (Wildman–Crippen LogP) is 2.72. The third-order valence-electron chi connectivity index (χ3n) is 7.90. The number of esters is 3. The standard InChI is InChI=1S/C24H34O8/c1-13(2)7-20(27)31-17-10-23(11-28-15(4)25)19(8-14(17)3)32-21-18(30-16(5)26)9-22(23,6)24(21)12-29-24/h8,13,17-19,21H,7,9-12H2,1-6H3/t17-,18+,19+,21+,22+,23+,24-/m0/s1. The molecule has 0 aromatic rings. The fourth-order valence-corrected chi connectivity index (χ4v) is 6.18. The van der Waals surface area contributed by atoms with Crippen LogP contribution in [0.3, 0.4) is 0 Å². The second-order valence-electron chi connectivity index (χ2n) is 10.5. The molecule has 0 radical (unpaired) electrons. The Balaban J connectivity index is 1.72. The molecule has 0 aromatic carbocycles. The zero-order valence-electron chi connectivity index (χ0n) is 19.8. The molecule has 7 atom stereocenters. The van der Waals surface area contributed by atoms with Crippen LogP contribution < -0.4 is 0 Å². The minimum atomic E-state index is -0.692. The van der Waals surface area contributed by atoms with Crippen LogP contribution >= 0.6 is 0 Å². The van der Waals surface area contributed by atoms with E-state index < -0.39 is 34.7 Å². The zero-order chi connectivity index (χ0) is 23.5. The van der Waals surface area contributed by atoms with Gasteiger partial charge in [-0.1, -0.05) is 26.8 Å². The van der Waals surface area contributed by atoms with Crippen LogP contribution in [0.2, 0.25) is 0 Å². The third kappa shape index (κ3) is 3.46. The van der Waals surface area contributed by atoms with E-state index in [9.17, 15) is 14.4 Å². The van der Waals surface area contributed by atoms with Crippen LogP contribution in [-0.2, 0) is 38.1 Å². The largest absolute Gasteiger partial charge is 0.465 e. The molecule has 2 bridgehead atoms. The topological polar surface area (TPSA) is 101 Å². The Labute approximate surface area is 188 Å². The molecule has 1 saturated carbocycles. The minimum Gasteiger partial charge on any atom is -0.465 e. The lowest BCUT2D eigenvalue weighted by molar-refractivity contribution is -0.231. The van der Waals surface area contributed by atoms with Gasteiger partial charge in [0.1, 0.15) is 30.5 Å². The van der Waals surface area contributed by atoms with E-state index in [1.165, 1.54) is 13.8 Å². The smallest absolute Gasteiger partial charge is 0.306 e. The first-order chi connectivity index (χ1) is 14.9. The van der Waals surface area contributed by atoms with E-state index >= 15 is 0 Å². The molecule has 32 heavy (non-hydrogen) atoms. The lowest BCUT2D eigenvalue weighted by atomic mass is 9.51. The van der Waals surface area contributed by atoms with E-state index in [4.69, 9.17) is 23.7 Å². The summed E-state index contributed by atoms with van der Waals surface area (Å²) in [6.45, 7) is 11.3. The molecule has 2 heterocycles. The summed E-state index contributed by atoms with van der Waals surface area (Å²) in [4.78, 5) is 36.1. The highest BCUT2D eigenvalue weighted by Crippen LogP contribution is 2.72. The number of hydrogen-bond acceptors (Lipinski definition) is 8. The zero-order valence-corrected chi connectivity index (χ0v) is 19.8. The molecule has 1 spiro atoms. The number of epoxide rings is 1. The highest BCUT2D eigenvalue weighted by molar-refractivity contribution is 5.70. The van der Waals surface area contributed by atoms with Gasteiger partial charge in [-0.25, -0.2) is 0 Å². The first-order valence-electron chi connectivity index (χ1n) is 11.4. The van der Waals surface area contributed by atoms with Crippen LogP contribution in [-0.4, -0.2) is 61.1 Å². The summed E-state index contributed by atoms with van der Waals surface area (Å²) in [5.41, 5.74) is -0.911. The average molecular weight is 451 g/mol. The summed E-state index contributed by atoms with van der Waals surface area (Å²) < 4.78 is 29.7. The predicted molar refractivity (Wildman–Crippen MR) is 112 cm³/mol. The molecule has 3 fully saturated rings. The molecule has 2 aliphatic carbocycles. The molecule has 0 aromatic heterocycles. The molecule has 4 rings (SSSR count). The Morgan fingerprint density at radius 2 is 1.84 bits per heavy atom. The van der Waals surface area contributed by atoms with Crippen molar-refractivity contribution in [3.05, 3.63) is 11.6 Å². The molecule has 2 saturated heterocycles. The van der Waals surface area contributed by atoms with Crippen LogP contribution in [0.15, 0.2) is 11.6 Å². The average Bonchev–Trinajstić information content (AvgIpc) is 3.43. The highest BCUT2D eigenvalue weighted by Gasteiger charge is 2.82. The Kier molecular flexibility index (Phi) is 5.69. The van der Waals surface area contributed by atoms with Crippen molar-refractivity contribution >= 4 is 17.9 Å². The van der Waals surface area contributed by atoms with Gasteiger partial charge < -0.3 is 23.7 Å². The van der Waals surface area contributed by atoms with Gasteiger partial charge in [0, 0.05) is 37.5 Å². The van der Waals surface area contributed by atoms with Crippen molar-refractivity contribution in [2.75, 3.05) is 13.2 Å². The Hall–Kier alpha value is -1.93. The van der Waals surface area contributed by atoms with Crippen molar-refractivity contribution in [1.82, 2.24) is 0 Å². The number of hydrogen-bond donors (Lipinski definition) is 0. The summed E-state index contributed by atoms with van der Waals surface area (Å²) in [5.74, 6) is -0.810. The monoisotopic (exact) mass is 450 g/mol. The van der Waals surface area contributed by atoms with Crippen LogP contribution in [0.5, 0.6) is 0 Å². The molecule has 178 valence electrons. The quantitative estimate of drug-likeness (QED) is 0.264. The molecule has 0 amide bonds. The summed E-state index contributed by atoms with van der Waals surface area (Å²) in [6, 6.07) is 0. The maximum Gasteiger partial charge on any atom is 0.306 e. The molecule has 2 aliphatic heterocycles. The van der Waals surface area contributed by atoms with Crippen LogP contribution in [0.4, 0.5) is 0 Å². The van der Waals surface area contributed by atoms with E-state index in [0.717, 1.165) is 5.57 Å². The van der Waals surface area contributed by atoms with Crippen molar-refractivity contribution < 1.29 is 38.1 Å². The van der Waals surface area contributed by atoms with Crippen molar-refractivity contribution in [2.45, 2.75) is 90.8 Å². The van der Waals surface area contributed by atoms with E-state index in [2.05, 4.69) is 6.92 Å². The summed E-state index contributed by atoms with van der Waals surface area (Å²) >= 11 is 0. The summed E-state index contributed by atoms with van der Waals surface area (Å²) in [6.07, 6.45) is 1.61. The first-order valence-corrected chi connectivity index (χ1v) is 11.4. The van der Waals surface area contributed by atoms with Gasteiger partial charge in [0.05, 0.1) is 12.7 Å². The van der Waals surface area contributed by atoms with Crippen molar-refractivity contribution in [1.29, 1.82) is 0 Å². The molecule has 8 heteroatoms. The van der Waals surface area contributed by atoms with Gasteiger partial charge in [0.25, 0.3) is 0 Å². The van der Waals surface area contributed by atoms with Gasteiger partial charge >= 0.3 is 17.9 Å². The molecular formula is C24H34O8. The summed E-state index contributed by atoms with van der Waals surface area (Å²) in [7, 11) is 0. The summed E-state index contributed by atoms with van der Waals surface area (Å²) in [5, 5.41) is 0. The second kappa shape index (κ2) is 7.83. The fraction of sp³-hybridized carbons (Fsp3) is 0.792.